The third kappa shape index (κ3) is 7.01. The zero-order valence-electron chi connectivity index (χ0n) is 33.4. The number of nitrogens with two attached hydrogens (primary N) is 1. The van der Waals surface area contributed by atoms with Crippen molar-refractivity contribution in [2.24, 2.45) is 0 Å². The summed E-state index contributed by atoms with van der Waals surface area (Å²) in [5.41, 5.74) is 6.96. The van der Waals surface area contributed by atoms with Gasteiger partial charge in [-0.05, 0) is 84.6 Å². The highest BCUT2D eigenvalue weighted by Gasteiger charge is 2.44. The number of aromatic carboxylic acids is 2. The number of carboxylic acid groups (broad SMARTS) is 3. The van der Waals surface area contributed by atoms with Crippen LogP contribution in [0.5, 0.6) is 23.0 Å². The third-order valence-corrected chi connectivity index (χ3v) is 11.9. The first kappa shape index (κ1) is 40.7. The van der Waals surface area contributed by atoms with Gasteiger partial charge in [0.25, 0.3) is 11.8 Å². The number of amides is 2. The van der Waals surface area contributed by atoms with Crippen molar-refractivity contribution in [3.63, 3.8) is 0 Å². The van der Waals surface area contributed by atoms with Gasteiger partial charge in [-0.25, -0.2) is 14.4 Å². The van der Waals surface area contributed by atoms with E-state index in [-0.39, 0.29) is 82.1 Å². The maximum Gasteiger partial charge on any atom is 0.336 e. The number of aromatic hydroxyl groups is 2. The molecule has 9 N–H and O–H groups in total. The van der Waals surface area contributed by atoms with Crippen LogP contribution in [0.15, 0.2) is 114 Å². The van der Waals surface area contributed by atoms with E-state index < -0.39 is 41.2 Å². The molecule has 1 saturated heterocycles. The first-order chi connectivity index (χ1) is 30.6. The van der Waals surface area contributed by atoms with E-state index in [4.69, 9.17) is 20.3 Å². The van der Waals surface area contributed by atoms with Crippen molar-refractivity contribution in [1.82, 2.24) is 10.2 Å². The molecule has 4 aliphatic rings. The second kappa shape index (κ2) is 15.4. The van der Waals surface area contributed by atoms with E-state index in [0.717, 1.165) is 6.07 Å². The van der Waals surface area contributed by atoms with Crippen molar-refractivity contribution in [2.45, 2.75) is 24.3 Å². The van der Waals surface area contributed by atoms with Crippen molar-refractivity contribution in [3.05, 3.63) is 153 Å². The molecule has 0 aromatic heterocycles. The number of nitrogens with one attached hydrogen (secondary N) is 2. The molecule has 2 amide bonds. The molecule has 0 radical (unpaired) electrons. The van der Waals surface area contributed by atoms with Gasteiger partial charge < -0.3 is 56.0 Å². The second-order valence-electron chi connectivity index (χ2n) is 15.7. The number of hydrogen-bond acceptors (Lipinski definition) is 11. The number of nitrogen functional groups attached to an aromatic ring is 1. The molecule has 3 aliphatic heterocycles. The number of piperidine rings is 1. The van der Waals surface area contributed by atoms with Crippen LogP contribution in [0.3, 0.4) is 0 Å². The number of fused-ring (bicyclic) bond motifs is 4. The molecule has 5 aromatic carbocycles. The molecule has 16 nitrogen and oxygen atoms in total. The van der Waals surface area contributed by atoms with Crippen molar-refractivity contribution >= 4 is 46.4 Å². The molecule has 9 rings (SSSR count). The average molecular weight is 861 g/mol. The number of likely N-dealkylation sites (tertiary alicyclic amines) is 1. The summed E-state index contributed by atoms with van der Waals surface area (Å²) in [6, 6.07) is 26.7. The Labute approximate surface area is 361 Å². The highest BCUT2D eigenvalue weighted by atomic mass is 16.5. The Morgan fingerprint density at radius 3 is 1.94 bits per heavy atom. The van der Waals surface area contributed by atoms with E-state index in [2.05, 4.69) is 5.32 Å². The summed E-state index contributed by atoms with van der Waals surface area (Å²) in [6.07, 6.45) is -0.453. The lowest BCUT2D eigenvalue weighted by atomic mass is 9.80. The summed E-state index contributed by atoms with van der Waals surface area (Å²) < 4.78 is 12.0. The lowest BCUT2D eigenvalue weighted by Gasteiger charge is -2.39. The quantitative estimate of drug-likeness (QED) is 0.0574. The van der Waals surface area contributed by atoms with E-state index in [0.29, 0.717) is 50.2 Å². The van der Waals surface area contributed by atoms with Gasteiger partial charge in [-0.2, -0.15) is 0 Å². The number of nitrogens with zero attached hydrogens (tertiary/aromatic N) is 1. The van der Waals surface area contributed by atoms with Crippen LogP contribution < -0.4 is 21.1 Å². The number of carboxylic acids is 3. The van der Waals surface area contributed by atoms with E-state index in [1.807, 2.05) is 0 Å². The monoisotopic (exact) mass is 860 g/mol. The fourth-order valence-electron chi connectivity index (χ4n) is 8.68. The Hall–Kier alpha value is -8.66. The summed E-state index contributed by atoms with van der Waals surface area (Å²) >= 11 is 0. The van der Waals surface area contributed by atoms with Gasteiger partial charge in [-0.1, -0.05) is 24.3 Å². The molecule has 3 heterocycles. The predicted octanol–water partition coefficient (Wildman–Crippen LogP) is 6.85. The highest BCUT2D eigenvalue weighted by molar-refractivity contribution is 6.09. The van der Waals surface area contributed by atoms with Gasteiger partial charge in [0.05, 0.1) is 16.5 Å². The SMILES string of the molecule is N=c1ccc2c(-c3ccc(C(=O)NC4(C(=O)O)CCN(C(=O)c5ccc(C6c7ccc(O)cc7Oc7cc(O)ccc76)c(C(=O)O)c5)CC4)cc3C(=O)O)c3ccc(N)cc3oc-2c1. The van der Waals surface area contributed by atoms with Crippen LogP contribution in [0.25, 0.3) is 33.4 Å². The molecular formula is C48H36N4O12. The Balaban J connectivity index is 0.973. The summed E-state index contributed by atoms with van der Waals surface area (Å²) in [4.78, 5) is 67.7. The van der Waals surface area contributed by atoms with Gasteiger partial charge in [0.15, 0.2) is 0 Å². The van der Waals surface area contributed by atoms with Gasteiger partial charge in [-0.15, -0.1) is 0 Å². The fourth-order valence-corrected chi connectivity index (χ4v) is 8.68. The number of benzene rings is 6. The molecule has 5 aromatic rings. The molecular weight excluding hydrogens is 825 g/mol. The minimum Gasteiger partial charge on any atom is -0.508 e. The number of rotatable bonds is 8. The average Bonchev–Trinajstić information content (AvgIpc) is 3.26. The molecule has 0 atom stereocenters. The lowest BCUT2D eigenvalue weighted by molar-refractivity contribution is -0.146. The summed E-state index contributed by atoms with van der Waals surface area (Å²) in [5.74, 6) is -5.56. The Morgan fingerprint density at radius 1 is 0.688 bits per heavy atom. The maximum absolute atomic E-state index is 14.0. The van der Waals surface area contributed by atoms with Crippen LogP contribution in [0, 0.1) is 5.41 Å². The number of ether oxygens (including phenoxy) is 1. The number of carbonyl (C=O) groups is 5. The van der Waals surface area contributed by atoms with Crippen LogP contribution in [0.1, 0.15) is 76.9 Å². The number of hydrogen-bond donors (Lipinski definition) is 8. The van der Waals surface area contributed by atoms with Gasteiger partial charge in [0.1, 0.15) is 39.9 Å². The molecule has 64 heavy (non-hydrogen) atoms. The summed E-state index contributed by atoms with van der Waals surface area (Å²) in [6.45, 7) is -0.265. The second-order valence-corrected chi connectivity index (χ2v) is 15.7. The van der Waals surface area contributed by atoms with Gasteiger partial charge >= 0.3 is 17.9 Å². The largest absolute Gasteiger partial charge is 0.508 e. The van der Waals surface area contributed by atoms with E-state index in [1.165, 1.54) is 71.6 Å². The van der Waals surface area contributed by atoms with Gasteiger partial charge in [0, 0.05) is 87.7 Å². The minimum absolute atomic E-state index is 0.0227. The number of anilines is 1. The first-order valence-electron chi connectivity index (χ1n) is 19.9. The zero-order valence-corrected chi connectivity index (χ0v) is 33.4. The Morgan fingerprint density at radius 2 is 1.30 bits per heavy atom. The Kier molecular flexibility index (Phi) is 9.77. The van der Waals surface area contributed by atoms with Crippen molar-refractivity contribution in [3.8, 4) is 45.4 Å². The topological polar surface area (TPSA) is 274 Å². The Bertz CT molecular complexity index is 3130. The maximum atomic E-state index is 14.0. The molecule has 320 valence electrons. The normalized spacial score (nSPS) is 14.3. The number of aliphatic carboxylic acids is 1. The van der Waals surface area contributed by atoms with Crippen LogP contribution in [0.4, 0.5) is 5.69 Å². The molecule has 0 unspecified atom stereocenters. The van der Waals surface area contributed by atoms with E-state index in [9.17, 15) is 49.5 Å². The molecule has 1 aliphatic carbocycles. The predicted molar refractivity (Wildman–Crippen MR) is 229 cm³/mol. The number of carbonyl (C=O) groups excluding carboxylic acids is 2. The lowest BCUT2D eigenvalue weighted by Crippen LogP contribution is -2.60. The molecule has 0 bridgehead atoms. The molecule has 0 spiro atoms. The van der Waals surface area contributed by atoms with Gasteiger partial charge in [0.2, 0.25) is 0 Å². The summed E-state index contributed by atoms with van der Waals surface area (Å²) in [5, 5.41) is 63.1. The van der Waals surface area contributed by atoms with Crippen LogP contribution in [0.2, 0.25) is 0 Å². The van der Waals surface area contributed by atoms with Crippen LogP contribution in [-0.4, -0.2) is 78.8 Å². The number of phenols is 2. The fraction of sp³-hybridized carbons (Fsp3) is 0.125. The highest BCUT2D eigenvalue weighted by Crippen LogP contribution is 2.50. The van der Waals surface area contributed by atoms with Crippen LogP contribution in [-0.2, 0) is 4.79 Å². The standard InChI is InChI=1S/C48H36N4O12/c49-25-3-9-31-37(19-25)63-38-20-26(50)4-10-32(38)41(31)29-7-1-23(17-35(29)45(57)58)43(55)51-48(47(61)62)13-15-52(16-14-48)44(56)24-2-8-30(36(18-24)46(59)60)42-33-11-5-27(53)21-39(33)64-40-22-28(54)6-12-34(40)42/h1-12,17-22,42,49,53-54H,13-16,50H2,(H,51,55)(H,57,58)(H,59,60)(H,61,62). The van der Waals surface area contributed by atoms with Crippen molar-refractivity contribution in [2.75, 3.05) is 18.8 Å². The van der Waals surface area contributed by atoms with E-state index >= 15 is 0 Å². The van der Waals surface area contributed by atoms with Crippen molar-refractivity contribution < 1.29 is 58.7 Å². The number of phenolic OH excluding ortho intramolecular Hbond substituents is 2. The first-order valence-corrected chi connectivity index (χ1v) is 19.9. The minimum atomic E-state index is -1.85. The van der Waals surface area contributed by atoms with Crippen molar-refractivity contribution in [1.29, 1.82) is 5.41 Å². The molecule has 16 heteroatoms. The molecule has 1 fully saturated rings. The summed E-state index contributed by atoms with van der Waals surface area (Å²) in [7, 11) is 0. The van der Waals surface area contributed by atoms with E-state index in [1.54, 1.807) is 36.4 Å². The smallest absolute Gasteiger partial charge is 0.336 e. The molecule has 0 saturated carbocycles. The third-order valence-electron chi connectivity index (χ3n) is 11.9. The van der Waals surface area contributed by atoms with Crippen LogP contribution >= 0.6 is 0 Å². The zero-order chi connectivity index (χ0) is 45.2. The van der Waals surface area contributed by atoms with Gasteiger partial charge in [-0.3, -0.25) is 9.59 Å².